The smallest absolute Gasteiger partial charge is 0.418 e. The number of likely N-dealkylation sites (tertiary alicyclic amines) is 1. The summed E-state index contributed by atoms with van der Waals surface area (Å²) in [6, 6.07) is 3.83. The number of para-hydroxylation sites is 1. The molecule has 1 saturated heterocycles. The molecule has 39 heavy (non-hydrogen) atoms. The Bertz CT molecular complexity index is 1320. The number of alkyl halides is 5. The van der Waals surface area contributed by atoms with Gasteiger partial charge in [-0.05, 0) is 31.5 Å². The summed E-state index contributed by atoms with van der Waals surface area (Å²) in [5.41, 5.74) is -1.29. The highest BCUT2D eigenvalue weighted by atomic mass is 19.4. The number of benzene rings is 1. The van der Waals surface area contributed by atoms with Gasteiger partial charge in [0.15, 0.2) is 0 Å². The standard InChI is InChI=1S/C25H25F5N6O3/c26-24(27)7-3-8-35(14-24)9-6-17(10-21(37)38)33-23(39)19-13-36(22(34-19)16-11-31-15-32-12-16)20-5-2-1-4-18(20)25(28,29)30/h1-2,4-5,11-13,15,17H,3,6-10,14H2,(H,33,39)(H,37,38)/t17-/m0/s1. The second-order valence-electron chi connectivity index (χ2n) is 9.25. The van der Waals surface area contributed by atoms with Crippen molar-refractivity contribution in [3.63, 3.8) is 0 Å². The number of amides is 1. The molecule has 4 rings (SSSR count). The average molecular weight is 553 g/mol. The first-order valence-corrected chi connectivity index (χ1v) is 12.1. The van der Waals surface area contributed by atoms with Crippen LogP contribution in [0.15, 0.2) is 49.2 Å². The molecular formula is C25H25F5N6O3. The predicted octanol–water partition coefficient (Wildman–Crippen LogP) is 4.04. The molecule has 0 radical (unpaired) electrons. The second kappa shape index (κ2) is 11.4. The number of carboxylic acids is 1. The summed E-state index contributed by atoms with van der Waals surface area (Å²) in [5, 5.41) is 11.9. The van der Waals surface area contributed by atoms with E-state index in [9.17, 15) is 36.6 Å². The molecule has 0 aliphatic carbocycles. The van der Waals surface area contributed by atoms with Crippen molar-refractivity contribution >= 4 is 11.9 Å². The Morgan fingerprint density at radius 2 is 1.87 bits per heavy atom. The van der Waals surface area contributed by atoms with Crippen molar-refractivity contribution in [3.05, 3.63) is 60.4 Å². The minimum atomic E-state index is -4.70. The van der Waals surface area contributed by atoms with Crippen molar-refractivity contribution in [2.24, 2.45) is 0 Å². The summed E-state index contributed by atoms with van der Waals surface area (Å²) in [6.07, 6.45) is -0.0339. The molecule has 1 aromatic carbocycles. The van der Waals surface area contributed by atoms with Crippen molar-refractivity contribution in [1.29, 1.82) is 0 Å². The fraction of sp³-hybridized carbons (Fsp3) is 0.400. The van der Waals surface area contributed by atoms with Gasteiger partial charge < -0.3 is 10.4 Å². The molecule has 0 unspecified atom stereocenters. The highest BCUT2D eigenvalue weighted by Crippen LogP contribution is 2.35. The zero-order valence-corrected chi connectivity index (χ0v) is 20.5. The van der Waals surface area contributed by atoms with Crippen LogP contribution in [0.25, 0.3) is 17.1 Å². The van der Waals surface area contributed by atoms with Crippen LogP contribution in [0.5, 0.6) is 0 Å². The van der Waals surface area contributed by atoms with Gasteiger partial charge in [0.2, 0.25) is 0 Å². The number of imidazole rings is 1. The van der Waals surface area contributed by atoms with Gasteiger partial charge in [-0.1, -0.05) is 12.1 Å². The normalized spacial score (nSPS) is 16.5. The van der Waals surface area contributed by atoms with Gasteiger partial charge in [0, 0.05) is 37.6 Å². The number of aliphatic carboxylic acids is 1. The molecular weight excluding hydrogens is 527 g/mol. The number of hydrogen-bond donors (Lipinski definition) is 2. The van der Waals surface area contributed by atoms with Crippen LogP contribution < -0.4 is 5.32 Å². The molecule has 3 aromatic rings. The highest BCUT2D eigenvalue weighted by Gasteiger charge is 2.36. The third-order valence-electron chi connectivity index (χ3n) is 6.25. The third kappa shape index (κ3) is 7.13. The van der Waals surface area contributed by atoms with Crippen molar-refractivity contribution in [3.8, 4) is 17.1 Å². The third-order valence-corrected chi connectivity index (χ3v) is 6.25. The molecule has 0 spiro atoms. The van der Waals surface area contributed by atoms with Crippen LogP contribution in [0.2, 0.25) is 0 Å². The van der Waals surface area contributed by atoms with Crippen LogP contribution in [-0.2, 0) is 11.0 Å². The van der Waals surface area contributed by atoms with Crippen LogP contribution in [0.3, 0.4) is 0 Å². The molecule has 1 atom stereocenters. The molecule has 2 N–H and O–H groups in total. The van der Waals surface area contributed by atoms with E-state index in [-0.39, 0.29) is 42.2 Å². The van der Waals surface area contributed by atoms with Crippen molar-refractivity contribution in [2.75, 3.05) is 19.6 Å². The minimum Gasteiger partial charge on any atom is -0.481 e. The van der Waals surface area contributed by atoms with Crippen LogP contribution in [0, 0.1) is 0 Å². The van der Waals surface area contributed by atoms with Gasteiger partial charge in [-0.25, -0.2) is 23.7 Å². The maximum absolute atomic E-state index is 13.8. The molecule has 1 amide bonds. The Morgan fingerprint density at radius 1 is 1.15 bits per heavy atom. The van der Waals surface area contributed by atoms with E-state index >= 15 is 0 Å². The number of nitrogens with one attached hydrogen (secondary N) is 1. The van der Waals surface area contributed by atoms with E-state index in [0.717, 1.165) is 16.8 Å². The van der Waals surface area contributed by atoms with E-state index in [1.807, 2.05) is 0 Å². The zero-order chi connectivity index (χ0) is 28.2. The Balaban J connectivity index is 1.62. The first-order valence-electron chi connectivity index (χ1n) is 12.1. The molecule has 9 nitrogen and oxygen atoms in total. The number of rotatable bonds is 9. The molecule has 1 fully saturated rings. The topological polar surface area (TPSA) is 113 Å². The number of nitrogens with zero attached hydrogens (tertiary/aromatic N) is 5. The van der Waals surface area contributed by atoms with Crippen LogP contribution >= 0.6 is 0 Å². The van der Waals surface area contributed by atoms with E-state index in [1.165, 1.54) is 41.8 Å². The second-order valence-corrected chi connectivity index (χ2v) is 9.25. The summed E-state index contributed by atoms with van der Waals surface area (Å²) in [7, 11) is 0. The largest absolute Gasteiger partial charge is 0.481 e. The number of piperidine rings is 1. The van der Waals surface area contributed by atoms with Crippen molar-refractivity contribution < 1.29 is 36.6 Å². The number of carboxylic acid groups (broad SMARTS) is 1. The van der Waals surface area contributed by atoms with E-state index in [0.29, 0.717) is 13.0 Å². The van der Waals surface area contributed by atoms with Crippen LogP contribution in [0.4, 0.5) is 22.0 Å². The number of halogens is 5. The monoisotopic (exact) mass is 552 g/mol. The van der Waals surface area contributed by atoms with E-state index in [2.05, 4.69) is 20.3 Å². The fourth-order valence-corrected chi connectivity index (χ4v) is 4.49. The van der Waals surface area contributed by atoms with E-state index < -0.39 is 48.5 Å². The zero-order valence-electron chi connectivity index (χ0n) is 20.5. The van der Waals surface area contributed by atoms with Crippen LogP contribution in [0.1, 0.15) is 41.7 Å². The van der Waals surface area contributed by atoms with Gasteiger partial charge in [0.05, 0.1) is 29.8 Å². The molecule has 1 aliphatic rings. The summed E-state index contributed by atoms with van der Waals surface area (Å²) >= 11 is 0. The van der Waals surface area contributed by atoms with Crippen molar-refractivity contribution in [1.82, 2.24) is 29.7 Å². The highest BCUT2D eigenvalue weighted by molar-refractivity contribution is 5.93. The predicted molar refractivity (Wildman–Crippen MR) is 128 cm³/mol. The lowest BCUT2D eigenvalue weighted by Crippen LogP contribution is -2.45. The van der Waals surface area contributed by atoms with Gasteiger partial charge in [0.25, 0.3) is 11.8 Å². The molecule has 0 bridgehead atoms. The summed E-state index contributed by atoms with van der Waals surface area (Å²) in [6.45, 7) is 0.106. The van der Waals surface area contributed by atoms with Gasteiger partial charge in [-0.2, -0.15) is 13.2 Å². The summed E-state index contributed by atoms with van der Waals surface area (Å²) in [4.78, 5) is 38.0. The maximum atomic E-state index is 13.8. The Kier molecular flexibility index (Phi) is 8.23. The molecule has 3 heterocycles. The average Bonchev–Trinajstić information content (AvgIpc) is 3.32. The Hall–Kier alpha value is -3.94. The number of carbonyl (C=O) groups is 2. The van der Waals surface area contributed by atoms with Gasteiger partial charge in [0.1, 0.15) is 17.8 Å². The fourth-order valence-electron chi connectivity index (χ4n) is 4.49. The molecule has 14 heteroatoms. The first-order chi connectivity index (χ1) is 18.4. The van der Waals surface area contributed by atoms with Gasteiger partial charge in [-0.15, -0.1) is 0 Å². The summed E-state index contributed by atoms with van der Waals surface area (Å²) < 4.78 is 69.9. The maximum Gasteiger partial charge on any atom is 0.418 e. The Labute approximate surface area is 219 Å². The summed E-state index contributed by atoms with van der Waals surface area (Å²) in [5.74, 6) is -4.91. The molecule has 1 aliphatic heterocycles. The van der Waals surface area contributed by atoms with Crippen LogP contribution in [-0.4, -0.2) is 73.0 Å². The van der Waals surface area contributed by atoms with Crippen molar-refractivity contribution in [2.45, 2.75) is 43.8 Å². The quantitative estimate of drug-likeness (QED) is 0.385. The number of hydrogen-bond acceptors (Lipinski definition) is 6. The first kappa shape index (κ1) is 28.1. The Morgan fingerprint density at radius 3 is 2.54 bits per heavy atom. The van der Waals surface area contributed by atoms with Gasteiger partial charge >= 0.3 is 12.1 Å². The lowest BCUT2D eigenvalue weighted by Gasteiger charge is -2.33. The number of aromatic nitrogens is 4. The lowest BCUT2D eigenvalue weighted by atomic mass is 10.1. The van der Waals surface area contributed by atoms with Gasteiger partial charge in [-0.3, -0.25) is 19.1 Å². The molecule has 0 saturated carbocycles. The molecule has 208 valence electrons. The molecule has 2 aromatic heterocycles. The lowest BCUT2D eigenvalue weighted by molar-refractivity contribution is -0.138. The van der Waals surface area contributed by atoms with E-state index in [4.69, 9.17) is 0 Å². The minimum absolute atomic E-state index is 0.0391. The van der Waals surface area contributed by atoms with E-state index in [1.54, 1.807) is 0 Å². The SMILES string of the molecule is O=C(O)C[C@H](CCN1CCCC(F)(F)C1)NC(=O)c1cn(-c2ccccc2C(F)(F)F)c(-c2cncnc2)n1. The number of carbonyl (C=O) groups excluding carboxylic acids is 1.